The Morgan fingerprint density at radius 3 is 2.56 bits per heavy atom. The van der Waals surface area contributed by atoms with E-state index in [9.17, 15) is 4.79 Å². The first kappa shape index (κ1) is 11.3. The molecule has 1 aliphatic heterocycles. The molecule has 0 N–H and O–H groups in total. The fourth-order valence-corrected chi connectivity index (χ4v) is 2.16. The van der Waals surface area contributed by atoms with Gasteiger partial charge >= 0.3 is 5.97 Å². The highest BCUT2D eigenvalue weighted by molar-refractivity contribution is 9.09. The van der Waals surface area contributed by atoms with E-state index in [-0.39, 0.29) is 10.8 Å². The highest BCUT2D eigenvalue weighted by Gasteiger charge is 2.27. The van der Waals surface area contributed by atoms with Crippen LogP contribution in [0.5, 0.6) is 11.5 Å². The molecule has 4 nitrogen and oxygen atoms in total. The molecule has 1 aromatic carbocycles. The number of hydrogen-bond donors (Lipinski definition) is 0. The molecule has 0 saturated heterocycles. The zero-order chi connectivity index (χ0) is 11.7. The first-order valence-corrected chi connectivity index (χ1v) is 5.66. The van der Waals surface area contributed by atoms with Gasteiger partial charge < -0.3 is 14.2 Å². The van der Waals surface area contributed by atoms with Gasteiger partial charge in [0.1, 0.15) is 6.61 Å². The first-order valence-electron chi connectivity index (χ1n) is 4.74. The second-order valence-corrected chi connectivity index (χ2v) is 4.47. The van der Waals surface area contributed by atoms with Crippen LogP contribution in [-0.2, 0) is 4.74 Å². The van der Waals surface area contributed by atoms with Crippen molar-refractivity contribution >= 4 is 21.9 Å². The van der Waals surface area contributed by atoms with Crippen LogP contribution in [0.1, 0.15) is 20.7 Å². The summed E-state index contributed by atoms with van der Waals surface area (Å²) in [5.74, 6) is 0.812. The zero-order valence-electron chi connectivity index (χ0n) is 8.95. The molecule has 5 heteroatoms. The number of carbonyl (C=O) groups excluding carboxylic acids is 1. The number of halogens is 1. The average molecular weight is 287 g/mol. The molecule has 1 aliphatic rings. The molecule has 86 valence electrons. The van der Waals surface area contributed by atoms with Crippen molar-refractivity contribution in [3.8, 4) is 11.5 Å². The van der Waals surface area contributed by atoms with Crippen LogP contribution in [0.2, 0.25) is 0 Å². The van der Waals surface area contributed by atoms with Crippen molar-refractivity contribution in [1.82, 2.24) is 0 Å². The summed E-state index contributed by atoms with van der Waals surface area (Å²) in [6.07, 6.45) is 0. The molecule has 0 saturated carbocycles. The monoisotopic (exact) mass is 286 g/mol. The van der Waals surface area contributed by atoms with Crippen molar-refractivity contribution < 1.29 is 19.0 Å². The Bertz CT molecular complexity index is 430. The largest absolute Gasteiger partial charge is 0.493 e. The van der Waals surface area contributed by atoms with E-state index in [0.717, 1.165) is 5.56 Å². The Morgan fingerprint density at radius 2 is 1.94 bits per heavy atom. The van der Waals surface area contributed by atoms with Crippen molar-refractivity contribution in [2.75, 3.05) is 20.8 Å². The SMILES string of the molecule is COc1cc2c(cc1OC)C(Br)COC2=O. The van der Waals surface area contributed by atoms with Gasteiger partial charge in [-0.3, -0.25) is 0 Å². The van der Waals surface area contributed by atoms with Crippen molar-refractivity contribution in [3.63, 3.8) is 0 Å². The van der Waals surface area contributed by atoms with Crippen LogP contribution < -0.4 is 9.47 Å². The van der Waals surface area contributed by atoms with Crippen molar-refractivity contribution in [2.24, 2.45) is 0 Å². The Morgan fingerprint density at radius 1 is 1.31 bits per heavy atom. The Kier molecular flexibility index (Phi) is 3.05. The molecule has 2 rings (SSSR count). The summed E-state index contributed by atoms with van der Waals surface area (Å²) in [7, 11) is 3.10. The molecular formula is C11H11BrO4. The van der Waals surface area contributed by atoms with Gasteiger partial charge in [0.2, 0.25) is 0 Å². The second-order valence-electron chi connectivity index (χ2n) is 3.36. The van der Waals surface area contributed by atoms with Gasteiger partial charge in [0.05, 0.1) is 24.6 Å². The predicted octanol–water partition coefficient (Wildman–Crippen LogP) is 2.31. The van der Waals surface area contributed by atoms with Gasteiger partial charge in [-0.25, -0.2) is 4.79 Å². The topological polar surface area (TPSA) is 44.8 Å². The quantitative estimate of drug-likeness (QED) is 0.618. The lowest BCUT2D eigenvalue weighted by Gasteiger charge is -2.22. The van der Waals surface area contributed by atoms with Gasteiger partial charge in [-0.15, -0.1) is 0 Å². The number of rotatable bonds is 2. The third-order valence-corrected chi connectivity index (χ3v) is 3.23. The van der Waals surface area contributed by atoms with E-state index >= 15 is 0 Å². The number of fused-ring (bicyclic) bond motifs is 1. The molecule has 0 aromatic heterocycles. The number of cyclic esters (lactones) is 1. The van der Waals surface area contributed by atoms with E-state index in [1.807, 2.05) is 0 Å². The van der Waals surface area contributed by atoms with E-state index < -0.39 is 0 Å². The molecule has 0 fully saturated rings. The summed E-state index contributed by atoms with van der Waals surface area (Å²) < 4.78 is 15.3. The molecule has 0 radical (unpaired) electrons. The van der Waals surface area contributed by atoms with Gasteiger partial charge in [-0.2, -0.15) is 0 Å². The second kappa shape index (κ2) is 4.33. The molecule has 0 aliphatic carbocycles. The highest BCUT2D eigenvalue weighted by Crippen LogP contribution is 2.38. The zero-order valence-corrected chi connectivity index (χ0v) is 10.5. The average Bonchev–Trinajstić information content (AvgIpc) is 2.32. The van der Waals surface area contributed by atoms with Crippen LogP contribution >= 0.6 is 15.9 Å². The minimum atomic E-state index is -0.327. The van der Waals surface area contributed by atoms with Crippen LogP contribution in [0, 0.1) is 0 Å². The van der Waals surface area contributed by atoms with Gasteiger partial charge in [0.15, 0.2) is 11.5 Å². The lowest BCUT2D eigenvalue weighted by atomic mass is 10.0. The molecule has 1 heterocycles. The van der Waals surface area contributed by atoms with Crippen LogP contribution in [0.4, 0.5) is 0 Å². The third kappa shape index (κ3) is 1.75. The number of hydrogen-bond acceptors (Lipinski definition) is 4. The molecule has 1 aromatic rings. The maximum Gasteiger partial charge on any atom is 0.338 e. The van der Waals surface area contributed by atoms with Crippen molar-refractivity contribution in [1.29, 1.82) is 0 Å². The predicted molar refractivity (Wildman–Crippen MR) is 61.5 cm³/mol. The number of methoxy groups -OCH3 is 2. The van der Waals surface area contributed by atoms with Crippen LogP contribution in [0.3, 0.4) is 0 Å². The smallest absolute Gasteiger partial charge is 0.338 e. The number of alkyl halides is 1. The van der Waals surface area contributed by atoms with Crippen LogP contribution in [0.15, 0.2) is 12.1 Å². The maximum absolute atomic E-state index is 11.6. The molecule has 0 spiro atoms. The van der Waals surface area contributed by atoms with E-state index in [1.54, 1.807) is 19.2 Å². The number of ether oxygens (including phenoxy) is 3. The summed E-state index contributed by atoms with van der Waals surface area (Å²) in [4.78, 5) is 11.6. The van der Waals surface area contributed by atoms with Crippen molar-refractivity contribution in [2.45, 2.75) is 4.83 Å². The Hall–Kier alpha value is -1.23. The van der Waals surface area contributed by atoms with E-state index in [2.05, 4.69) is 15.9 Å². The highest BCUT2D eigenvalue weighted by atomic mass is 79.9. The molecule has 1 atom stereocenters. The number of esters is 1. The summed E-state index contributed by atoms with van der Waals surface area (Å²) in [5, 5.41) is 0. The molecule has 16 heavy (non-hydrogen) atoms. The third-order valence-electron chi connectivity index (χ3n) is 2.47. The van der Waals surface area contributed by atoms with Gasteiger partial charge in [-0.1, -0.05) is 15.9 Å². The van der Waals surface area contributed by atoms with Gasteiger partial charge in [0.25, 0.3) is 0 Å². The molecule has 0 amide bonds. The fourth-order valence-electron chi connectivity index (χ4n) is 1.65. The Balaban J connectivity index is 2.58. The Labute approximate surface area is 102 Å². The van der Waals surface area contributed by atoms with E-state index in [0.29, 0.717) is 23.7 Å². The number of benzene rings is 1. The molecule has 1 unspecified atom stereocenters. The van der Waals surface area contributed by atoms with Crippen LogP contribution in [-0.4, -0.2) is 26.8 Å². The normalized spacial score (nSPS) is 18.7. The number of carbonyl (C=O) groups is 1. The first-order chi connectivity index (χ1) is 7.67. The lowest BCUT2D eigenvalue weighted by Crippen LogP contribution is -2.19. The molecular weight excluding hydrogens is 276 g/mol. The van der Waals surface area contributed by atoms with Crippen molar-refractivity contribution in [3.05, 3.63) is 23.3 Å². The van der Waals surface area contributed by atoms with Gasteiger partial charge in [-0.05, 0) is 17.7 Å². The fraction of sp³-hybridized carbons (Fsp3) is 0.364. The van der Waals surface area contributed by atoms with E-state index in [4.69, 9.17) is 14.2 Å². The summed E-state index contributed by atoms with van der Waals surface area (Å²) >= 11 is 3.45. The summed E-state index contributed by atoms with van der Waals surface area (Å²) in [5.41, 5.74) is 1.39. The summed E-state index contributed by atoms with van der Waals surface area (Å²) in [6, 6.07) is 3.44. The standard InChI is InChI=1S/C11H11BrO4/c1-14-9-3-6-7(4-10(9)15-2)11(13)16-5-8(6)12/h3-4,8H,5H2,1-2H3. The van der Waals surface area contributed by atoms with Crippen LogP contribution in [0.25, 0.3) is 0 Å². The lowest BCUT2D eigenvalue weighted by molar-refractivity contribution is 0.0478. The van der Waals surface area contributed by atoms with Gasteiger partial charge in [0, 0.05) is 0 Å². The minimum Gasteiger partial charge on any atom is -0.493 e. The maximum atomic E-state index is 11.6. The minimum absolute atomic E-state index is 0.00000567. The summed E-state index contributed by atoms with van der Waals surface area (Å²) in [6.45, 7) is 0.335. The molecule has 0 bridgehead atoms. The van der Waals surface area contributed by atoms with E-state index in [1.165, 1.54) is 7.11 Å².